The molecule has 1 aliphatic heterocycles. The number of nitrogens with zero attached hydrogens (tertiary/aromatic N) is 2. The Balaban J connectivity index is 1.52. The van der Waals surface area contributed by atoms with Crippen molar-refractivity contribution in [2.45, 2.75) is 28.3 Å². The monoisotopic (exact) mass is 427 g/mol. The number of amides is 1. The number of hydrogen-bond acceptors (Lipinski definition) is 4. The molecule has 0 unspecified atom stereocenters. The van der Waals surface area contributed by atoms with Crippen molar-refractivity contribution in [2.75, 3.05) is 18.5 Å². The zero-order valence-electron chi connectivity index (χ0n) is 16.1. The fraction of sp³-hybridized carbons (Fsp3) is 0.273. The number of aromatic nitrogens is 2. The SMILES string of the molecule is Cn1ccnc1Sc1ccc(NC(=O)C2(c3cccc(Cl)c3)CCOCC2)cc1. The second-order valence-electron chi connectivity index (χ2n) is 7.11. The van der Waals surface area contributed by atoms with Gasteiger partial charge in [0.05, 0.1) is 5.41 Å². The van der Waals surface area contributed by atoms with Crippen LogP contribution < -0.4 is 5.32 Å². The Bertz CT molecular complexity index is 997. The molecule has 7 heteroatoms. The molecule has 1 amide bonds. The molecule has 1 aliphatic rings. The third kappa shape index (κ3) is 4.34. The van der Waals surface area contributed by atoms with Gasteiger partial charge in [0.2, 0.25) is 5.91 Å². The highest BCUT2D eigenvalue weighted by Gasteiger charge is 2.41. The highest BCUT2D eigenvalue weighted by molar-refractivity contribution is 7.99. The molecule has 150 valence electrons. The predicted molar refractivity (Wildman–Crippen MR) is 116 cm³/mol. The number of nitrogens with one attached hydrogen (secondary N) is 1. The minimum atomic E-state index is -0.635. The lowest BCUT2D eigenvalue weighted by Gasteiger charge is -2.36. The largest absolute Gasteiger partial charge is 0.381 e. The molecule has 0 radical (unpaired) electrons. The molecule has 1 fully saturated rings. The number of rotatable bonds is 5. The van der Waals surface area contributed by atoms with Crippen LogP contribution >= 0.6 is 23.4 Å². The first-order valence-electron chi connectivity index (χ1n) is 9.47. The van der Waals surface area contributed by atoms with E-state index in [2.05, 4.69) is 10.3 Å². The van der Waals surface area contributed by atoms with Crippen LogP contribution in [-0.2, 0) is 22.0 Å². The smallest absolute Gasteiger partial charge is 0.235 e. The molecule has 1 N–H and O–H groups in total. The van der Waals surface area contributed by atoms with Crippen LogP contribution in [0.4, 0.5) is 5.69 Å². The summed E-state index contributed by atoms with van der Waals surface area (Å²) in [5.41, 5.74) is 1.07. The lowest BCUT2D eigenvalue weighted by atomic mass is 9.73. The van der Waals surface area contributed by atoms with Crippen LogP contribution in [0.1, 0.15) is 18.4 Å². The summed E-state index contributed by atoms with van der Waals surface area (Å²) in [5.74, 6) is -0.0208. The van der Waals surface area contributed by atoms with Crippen LogP contribution in [0.15, 0.2) is 71.0 Å². The van der Waals surface area contributed by atoms with Gasteiger partial charge in [-0.1, -0.05) is 35.5 Å². The summed E-state index contributed by atoms with van der Waals surface area (Å²) >= 11 is 7.79. The highest BCUT2D eigenvalue weighted by Crippen LogP contribution is 2.37. The van der Waals surface area contributed by atoms with Gasteiger partial charge >= 0.3 is 0 Å². The summed E-state index contributed by atoms with van der Waals surface area (Å²) in [7, 11) is 1.97. The molecule has 0 spiro atoms. The Kier molecular flexibility index (Phi) is 5.94. The van der Waals surface area contributed by atoms with E-state index < -0.39 is 5.41 Å². The standard InChI is InChI=1S/C22H22ClN3O2S/c1-26-12-11-24-21(26)29-19-7-5-18(6-8-19)25-20(27)22(9-13-28-14-10-22)16-3-2-4-17(23)15-16/h2-8,11-12,15H,9-10,13-14H2,1H3,(H,25,27). The molecule has 0 atom stereocenters. The number of imidazole rings is 1. The van der Waals surface area contributed by atoms with Crippen molar-refractivity contribution < 1.29 is 9.53 Å². The topological polar surface area (TPSA) is 56.2 Å². The van der Waals surface area contributed by atoms with E-state index >= 15 is 0 Å². The molecule has 0 aliphatic carbocycles. The lowest BCUT2D eigenvalue weighted by Crippen LogP contribution is -2.44. The second kappa shape index (κ2) is 8.61. The third-order valence-corrected chi connectivity index (χ3v) is 6.58. The molecule has 0 bridgehead atoms. The number of carbonyl (C=O) groups excluding carboxylic acids is 1. The van der Waals surface area contributed by atoms with Crippen LogP contribution in [0.25, 0.3) is 0 Å². The Labute approximate surface area is 179 Å². The number of carbonyl (C=O) groups is 1. The van der Waals surface area contributed by atoms with Crippen molar-refractivity contribution in [2.24, 2.45) is 7.05 Å². The minimum Gasteiger partial charge on any atom is -0.381 e. The summed E-state index contributed by atoms with van der Waals surface area (Å²) in [4.78, 5) is 18.7. The summed E-state index contributed by atoms with van der Waals surface area (Å²) < 4.78 is 7.50. The van der Waals surface area contributed by atoms with E-state index in [4.69, 9.17) is 16.3 Å². The minimum absolute atomic E-state index is 0.0208. The van der Waals surface area contributed by atoms with E-state index in [-0.39, 0.29) is 5.91 Å². The third-order valence-electron chi connectivity index (χ3n) is 5.26. The second-order valence-corrected chi connectivity index (χ2v) is 8.58. The number of hydrogen-bond donors (Lipinski definition) is 1. The van der Waals surface area contributed by atoms with Crippen LogP contribution in [-0.4, -0.2) is 28.7 Å². The summed E-state index contributed by atoms with van der Waals surface area (Å²) in [6.07, 6.45) is 4.96. The van der Waals surface area contributed by atoms with Gasteiger partial charge in [-0.05, 0) is 54.8 Å². The van der Waals surface area contributed by atoms with Crippen molar-refractivity contribution in [3.63, 3.8) is 0 Å². The molecular formula is C22H22ClN3O2S. The van der Waals surface area contributed by atoms with Gasteiger partial charge < -0.3 is 14.6 Å². The van der Waals surface area contributed by atoms with Gasteiger partial charge in [0.1, 0.15) is 0 Å². The highest BCUT2D eigenvalue weighted by atomic mass is 35.5. The maximum atomic E-state index is 13.4. The fourth-order valence-electron chi connectivity index (χ4n) is 3.57. The maximum Gasteiger partial charge on any atom is 0.235 e. The van der Waals surface area contributed by atoms with Crippen LogP contribution in [0.3, 0.4) is 0 Å². The van der Waals surface area contributed by atoms with Crippen LogP contribution in [0.2, 0.25) is 5.02 Å². The molecule has 2 aromatic carbocycles. The Hall–Kier alpha value is -2.28. The molecule has 1 saturated heterocycles. The fourth-order valence-corrected chi connectivity index (χ4v) is 4.56. The quantitative estimate of drug-likeness (QED) is 0.628. The number of benzene rings is 2. The predicted octanol–water partition coefficient (Wildman–Crippen LogP) is 4.91. The van der Waals surface area contributed by atoms with Gasteiger partial charge in [-0.25, -0.2) is 4.98 Å². The van der Waals surface area contributed by atoms with Gasteiger partial charge in [-0.15, -0.1) is 0 Å². The lowest BCUT2D eigenvalue weighted by molar-refractivity contribution is -0.125. The summed E-state index contributed by atoms with van der Waals surface area (Å²) in [6, 6.07) is 15.4. The van der Waals surface area contributed by atoms with E-state index in [1.807, 2.05) is 66.3 Å². The van der Waals surface area contributed by atoms with Crippen LogP contribution in [0, 0.1) is 0 Å². The average Bonchev–Trinajstić information content (AvgIpc) is 3.14. The molecule has 2 heterocycles. The number of aryl methyl sites for hydroxylation is 1. The Morgan fingerprint density at radius 1 is 1.21 bits per heavy atom. The maximum absolute atomic E-state index is 13.4. The van der Waals surface area contributed by atoms with E-state index in [9.17, 15) is 4.79 Å². The molecular weight excluding hydrogens is 406 g/mol. The average molecular weight is 428 g/mol. The van der Waals surface area contributed by atoms with Crippen molar-refractivity contribution in [1.29, 1.82) is 0 Å². The Morgan fingerprint density at radius 3 is 2.62 bits per heavy atom. The van der Waals surface area contributed by atoms with Gasteiger partial charge in [0.15, 0.2) is 5.16 Å². The number of ether oxygens (including phenoxy) is 1. The van der Waals surface area contributed by atoms with E-state index in [1.54, 1.807) is 18.0 Å². The first-order valence-corrected chi connectivity index (χ1v) is 10.7. The van der Waals surface area contributed by atoms with Crippen molar-refractivity contribution >= 4 is 35.0 Å². The molecule has 0 saturated carbocycles. The van der Waals surface area contributed by atoms with Crippen molar-refractivity contribution in [3.8, 4) is 0 Å². The van der Waals surface area contributed by atoms with E-state index in [0.29, 0.717) is 31.1 Å². The molecule has 3 aromatic rings. The van der Waals surface area contributed by atoms with Crippen molar-refractivity contribution in [1.82, 2.24) is 9.55 Å². The zero-order valence-corrected chi connectivity index (χ0v) is 17.7. The van der Waals surface area contributed by atoms with Gasteiger partial charge in [0, 0.05) is 48.3 Å². The van der Waals surface area contributed by atoms with E-state index in [1.165, 1.54) is 0 Å². The number of halogens is 1. The molecule has 29 heavy (non-hydrogen) atoms. The normalized spacial score (nSPS) is 15.8. The summed E-state index contributed by atoms with van der Waals surface area (Å²) in [5, 5.41) is 4.66. The van der Waals surface area contributed by atoms with Gasteiger partial charge in [-0.3, -0.25) is 4.79 Å². The van der Waals surface area contributed by atoms with Crippen molar-refractivity contribution in [3.05, 3.63) is 71.5 Å². The first kappa shape index (κ1) is 20.0. The van der Waals surface area contributed by atoms with E-state index in [0.717, 1.165) is 21.3 Å². The zero-order chi connectivity index (χ0) is 20.3. The molecule has 4 rings (SSSR count). The molecule has 1 aromatic heterocycles. The first-order chi connectivity index (χ1) is 14.1. The Morgan fingerprint density at radius 2 is 1.97 bits per heavy atom. The molecule has 5 nitrogen and oxygen atoms in total. The van der Waals surface area contributed by atoms with Gasteiger partial charge in [0.25, 0.3) is 0 Å². The number of anilines is 1. The van der Waals surface area contributed by atoms with Crippen LogP contribution in [0.5, 0.6) is 0 Å². The summed E-state index contributed by atoms with van der Waals surface area (Å²) in [6.45, 7) is 1.11. The van der Waals surface area contributed by atoms with Gasteiger partial charge in [-0.2, -0.15) is 0 Å².